The number of carbonyl (C=O) groups is 1. The molecule has 0 bridgehead atoms. The minimum absolute atomic E-state index is 0.122. The molecule has 0 spiro atoms. The summed E-state index contributed by atoms with van der Waals surface area (Å²) in [5, 5.41) is 3.51. The number of benzene rings is 2. The Kier molecular flexibility index (Phi) is 4.66. The van der Waals surface area contributed by atoms with Crippen LogP contribution in [0.5, 0.6) is 0 Å². The molecule has 0 aliphatic rings. The molecule has 0 aromatic heterocycles. The number of carbonyl (C=O) groups excluding carboxylic acids is 1. The first kappa shape index (κ1) is 15.3. The summed E-state index contributed by atoms with van der Waals surface area (Å²) in [7, 11) is 0. The van der Waals surface area contributed by atoms with Crippen LogP contribution in [0.3, 0.4) is 0 Å². The van der Waals surface area contributed by atoms with Crippen molar-refractivity contribution >= 4 is 63.7 Å². The third-order valence-electron chi connectivity index (χ3n) is 2.49. The van der Waals surface area contributed by atoms with Crippen LogP contribution < -0.4 is 11.1 Å². The minimum atomic E-state index is -0.478. The summed E-state index contributed by atoms with van der Waals surface area (Å²) in [5.74, 6) is -0.478. The highest BCUT2D eigenvalue weighted by molar-refractivity contribution is 6.45. The van der Waals surface area contributed by atoms with Crippen molar-refractivity contribution in [3.05, 3.63) is 56.0 Å². The van der Waals surface area contributed by atoms with Crippen molar-refractivity contribution < 1.29 is 4.79 Å². The number of nitrogen functional groups attached to an aromatic ring is 1. The van der Waals surface area contributed by atoms with Crippen molar-refractivity contribution in [1.82, 2.24) is 0 Å². The molecule has 0 heterocycles. The highest BCUT2D eigenvalue weighted by Crippen LogP contribution is 2.32. The van der Waals surface area contributed by atoms with E-state index in [0.29, 0.717) is 16.4 Å². The molecule has 0 unspecified atom stereocenters. The second-order valence-electron chi connectivity index (χ2n) is 3.92. The van der Waals surface area contributed by atoms with Gasteiger partial charge in [-0.2, -0.15) is 0 Å². The van der Waals surface area contributed by atoms with E-state index in [-0.39, 0.29) is 20.6 Å². The van der Waals surface area contributed by atoms with E-state index < -0.39 is 5.91 Å². The van der Waals surface area contributed by atoms with Gasteiger partial charge in [-0.3, -0.25) is 4.79 Å². The van der Waals surface area contributed by atoms with Crippen molar-refractivity contribution in [2.24, 2.45) is 0 Å². The Balaban J connectivity index is 2.36. The SMILES string of the molecule is Nc1cc(Cl)c(Cl)c(C(=O)Nc2cccc(Cl)c2Cl)c1. The van der Waals surface area contributed by atoms with E-state index in [9.17, 15) is 4.79 Å². The maximum Gasteiger partial charge on any atom is 0.257 e. The zero-order chi connectivity index (χ0) is 14.9. The van der Waals surface area contributed by atoms with Crippen molar-refractivity contribution in [1.29, 1.82) is 0 Å². The third-order valence-corrected chi connectivity index (χ3v) is 4.12. The fraction of sp³-hybridized carbons (Fsp3) is 0. The van der Waals surface area contributed by atoms with Crippen LogP contribution in [-0.2, 0) is 0 Å². The zero-order valence-electron chi connectivity index (χ0n) is 9.88. The quantitative estimate of drug-likeness (QED) is 0.738. The van der Waals surface area contributed by atoms with Gasteiger partial charge in [-0.25, -0.2) is 0 Å². The molecule has 0 fully saturated rings. The van der Waals surface area contributed by atoms with Crippen LogP contribution in [0.1, 0.15) is 10.4 Å². The van der Waals surface area contributed by atoms with Crippen LogP contribution in [0.15, 0.2) is 30.3 Å². The predicted octanol–water partition coefficient (Wildman–Crippen LogP) is 5.13. The molecule has 0 aliphatic heterocycles. The molecule has 0 saturated carbocycles. The van der Waals surface area contributed by atoms with Crippen LogP contribution in [0.4, 0.5) is 11.4 Å². The van der Waals surface area contributed by atoms with Gasteiger partial charge in [0.05, 0.1) is 31.3 Å². The smallest absolute Gasteiger partial charge is 0.257 e. The summed E-state index contributed by atoms with van der Waals surface area (Å²) < 4.78 is 0. The molecule has 3 N–H and O–H groups in total. The number of hydrogen-bond acceptors (Lipinski definition) is 2. The Labute approximate surface area is 135 Å². The minimum Gasteiger partial charge on any atom is -0.399 e. The average molecular weight is 350 g/mol. The van der Waals surface area contributed by atoms with E-state index in [1.54, 1.807) is 18.2 Å². The van der Waals surface area contributed by atoms with Gasteiger partial charge in [0.2, 0.25) is 0 Å². The molecule has 0 aliphatic carbocycles. The van der Waals surface area contributed by atoms with Gasteiger partial charge in [0.1, 0.15) is 0 Å². The Bertz CT molecular complexity index is 688. The molecule has 0 saturated heterocycles. The van der Waals surface area contributed by atoms with Crippen LogP contribution in [0.25, 0.3) is 0 Å². The van der Waals surface area contributed by atoms with Gasteiger partial charge in [0, 0.05) is 5.69 Å². The summed E-state index contributed by atoms with van der Waals surface area (Å²) in [6.07, 6.45) is 0. The molecule has 3 nitrogen and oxygen atoms in total. The number of anilines is 2. The summed E-state index contributed by atoms with van der Waals surface area (Å²) in [5.41, 5.74) is 6.51. The lowest BCUT2D eigenvalue weighted by molar-refractivity contribution is 0.102. The van der Waals surface area contributed by atoms with Gasteiger partial charge in [-0.1, -0.05) is 52.5 Å². The number of nitrogens with two attached hydrogens (primary N) is 1. The number of hydrogen-bond donors (Lipinski definition) is 2. The van der Waals surface area contributed by atoms with Gasteiger partial charge in [0.15, 0.2) is 0 Å². The van der Waals surface area contributed by atoms with E-state index in [4.69, 9.17) is 52.1 Å². The molecule has 2 aromatic carbocycles. The molecule has 20 heavy (non-hydrogen) atoms. The lowest BCUT2D eigenvalue weighted by atomic mass is 10.2. The first-order valence-corrected chi connectivity index (χ1v) is 6.91. The number of amides is 1. The van der Waals surface area contributed by atoms with Gasteiger partial charge in [-0.05, 0) is 24.3 Å². The van der Waals surface area contributed by atoms with Crippen molar-refractivity contribution in [3.8, 4) is 0 Å². The second kappa shape index (κ2) is 6.10. The average Bonchev–Trinajstić information content (AvgIpc) is 2.39. The maximum absolute atomic E-state index is 12.2. The first-order valence-electron chi connectivity index (χ1n) is 5.40. The second-order valence-corrected chi connectivity index (χ2v) is 5.49. The van der Waals surface area contributed by atoms with Gasteiger partial charge in [-0.15, -0.1) is 0 Å². The normalized spacial score (nSPS) is 10.4. The Morgan fingerprint density at radius 1 is 1.00 bits per heavy atom. The largest absolute Gasteiger partial charge is 0.399 e. The van der Waals surface area contributed by atoms with Gasteiger partial charge in [0.25, 0.3) is 5.91 Å². The first-order chi connectivity index (χ1) is 9.40. The predicted molar refractivity (Wildman–Crippen MR) is 85.3 cm³/mol. The number of nitrogens with one attached hydrogen (secondary N) is 1. The molecule has 2 rings (SSSR count). The molecular weight excluding hydrogens is 342 g/mol. The monoisotopic (exact) mass is 348 g/mol. The number of halogens is 4. The summed E-state index contributed by atoms with van der Waals surface area (Å²) in [4.78, 5) is 12.2. The van der Waals surface area contributed by atoms with Crippen LogP contribution >= 0.6 is 46.4 Å². The highest BCUT2D eigenvalue weighted by atomic mass is 35.5. The van der Waals surface area contributed by atoms with E-state index in [2.05, 4.69) is 5.32 Å². The molecular formula is C13H8Cl4N2O. The fourth-order valence-electron chi connectivity index (χ4n) is 1.57. The summed E-state index contributed by atoms with van der Waals surface area (Å²) in [6.45, 7) is 0. The third kappa shape index (κ3) is 3.13. The van der Waals surface area contributed by atoms with Gasteiger partial charge >= 0.3 is 0 Å². The molecule has 0 atom stereocenters. The molecule has 2 aromatic rings. The lowest BCUT2D eigenvalue weighted by Crippen LogP contribution is -2.13. The summed E-state index contributed by atoms with van der Waals surface area (Å²) in [6, 6.07) is 7.80. The Morgan fingerprint density at radius 2 is 1.70 bits per heavy atom. The van der Waals surface area contributed by atoms with Crippen molar-refractivity contribution in [3.63, 3.8) is 0 Å². The zero-order valence-corrected chi connectivity index (χ0v) is 12.9. The van der Waals surface area contributed by atoms with Crippen molar-refractivity contribution in [2.75, 3.05) is 11.1 Å². The lowest BCUT2D eigenvalue weighted by Gasteiger charge is -2.10. The Morgan fingerprint density at radius 3 is 2.40 bits per heavy atom. The van der Waals surface area contributed by atoms with E-state index >= 15 is 0 Å². The topological polar surface area (TPSA) is 55.1 Å². The van der Waals surface area contributed by atoms with E-state index in [0.717, 1.165) is 0 Å². The Hall–Kier alpha value is -1.13. The highest BCUT2D eigenvalue weighted by Gasteiger charge is 2.16. The molecule has 104 valence electrons. The van der Waals surface area contributed by atoms with Crippen LogP contribution in [0.2, 0.25) is 20.1 Å². The molecule has 0 radical (unpaired) electrons. The molecule has 7 heteroatoms. The van der Waals surface area contributed by atoms with E-state index in [1.807, 2.05) is 0 Å². The standard InChI is InChI=1S/C13H8Cl4N2O/c14-8-2-1-3-10(12(8)17)19-13(20)7-4-6(18)5-9(15)11(7)16/h1-5H,18H2,(H,19,20). The van der Waals surface area contributed by atoms with Crippen LogP contribution in [0, 0.1) is 0 Å². The van der Waals surface area contributed by atoms with Crippen molar-refractivity contribution in [2.45, 2.75) is 0 Å². The van der Waals surface area contributed by atoms with Gasteiger partial charge < -0.3 is 11.1 Å². The maximum atomic E-state index is 12.2. The number of rotatable bonds is 2. The molecule has 1 amide bonds. The fourth-order valence-corrected chi connectivity index (χ4v) is 2.34. The van der Waals surface area contributed by atoms with E-state index in [1.165, 1.54) is 12.1 Å². The van der Waals surface area contributed by atoms with Crippen LogP contribution in [-0.4, -0.2) is 5.91 Å². The summed E-state index contributed by atoms with van der Waals surface area (Å²) >= 11 is 23.7.